The summed E-state index contributed by atoms with van der Waals surface area (Å²) in [6.07, 6.45) is 11.0. The van der Waals surface area contributed by atoms with E-state index < -0.39 is 0 Å². The van der Waals surface area contributed by atoms with Gasteiger partial charge in [-0.05, 0) is 37.8 Å². The fourth-order valence-electron chi connectivity index (χ4n) is 4.61. The molecule has 2 N–H and O–H groups in total. The molecule has 2 aliphatic carbocycles. The van der Waals surface area contributed by atoms with Gasteiger partial charge in [-0.3, -0.25) is 14.6 Å². The SMILES string of the molecule is CC1=C(F)C=CCC(CSC2=C(N)CCN(CC(=O)N3CCN(C4CCC4)CC3)C2)=C1. The molecule has 0 spiro atoms. The molecule has 2 fully saturated rings. The lowest BCUT2D eigenvalue weighted by atomic mass is 9.91. The van der Waals surface area contributed by atoms with Crippen LogP contribution in [0.5, 0.6) is 0 Å². The molecule has 4 aliphatic rings. The monoisotopic (exact) mass is 446 g/mol. The quantitative estimate of drug-likeness (QED) is 0.678. The fourth-order valence-corrected chi connectivity index (χ4v) is 5.74. The zero-order valence-corrected chi connectivity index (χ0v) is 19.4. The minimum Gasteiger partial charge on any atom is -0.401 e. The third kappa shape index (κ3) is 5.82. The van der Waals surface area contributed by atoms with Crippen molar-refractivity contribution in [3.8, 4) is 0 Å². The first-order valence-electron chi connectivity index (χ1n) is 11.6. The molecule has 1 saturated heterocycles. The molecule has 0 unspecified atom stereocenters. The van der Waals surface area contributed by atoms with Crippen molar-refractivity contribution in [2.75, 3.05) is 51.6 Å². The van der Waals surface area contributed by atoms with Gasteiger partial charge in [0, 0.05) is 68.1 Å². The summed E-state index contributed by atoms with van der Waals surface area (Å²) in [6, 6.07) is 0.766. The Morgan fingerprint density at radius 2 is 2.00 bits per heavy atom. The molecule has 31 heavy (non-hydrogen) atoms. The van der Waals surface area contributed by atoms with E-state index in [1.807, 2.05) is 24.0 Å². The van der Waals surface area contributed by atoms with Crippen LogP contribution >= 0.6 is 11.8 Å². The van der Waals surface area contributed by atoms with E-state index in [2.05, 4.69) is 9.80 Å². The van der Waals surface area contributed by atoms with Gasteiger partial charge in [0.2, 0.25) is 5.91 Å². The molecule has 1 saturated carbocycles. The molecule has 0 atom stereocenters. The molecular weight excluding hydrogens is 411 g/mol. The van der Waals surface area contributed by atoms with Crippen LogP contribution in [0.2, 0.25) is 0 Å². The third-order valence-corrected chi connectivity index (χ3v) is 8.17. The summed E-state index contributed by atoms with van der Waals surface area (Å²) in [5.74, 6) is 0.885. The average molecular weight is 447 g/mol. The van der Waals surface area contributed by atoms with E-state index in [0.717, 1.165) is 74.5 Å². The van der Waals surface area contributed by atoms with Crippen molar-refractivity contribution in [3.05, 3.63) is 45.8 Å². The van der Waals surface area contributed by atoms with Gasteiger partial charge in [0.05, 0.1) is 6.54 Å². The third-order valence-electron chi connectivity index (χ3n) is 6.91. The number of hydrogen-bond acceptors (Lipinski definition) is 5. The Bertz CT molecular complexity index is 806. The molecule has 7 heteroatoms. The number of allylic oxidation sites excluding steroid dienone is 5. The first-order valence-corrected chi connectivity index (χ1v) is 12.5. The van der Waals surface area contributed by atoms with E-state index in [4.69, 9.17) is 5.73 Å². The average Bonchev–Trinajstić information content (AvgIpc) is 2.88. The van der Waals surface area contributed by atoms with E-state index in [0.29, 0.717) is 12.1 Å². The molecule has 170 valence electrons. The minimum absolute atomic E-state index is 0.158. The lowest BCUT2D eigenvalue weighted by molar-refractivity contribution is -0.134. The molecule has 0 radical (unpaired) electrons. The Morgan fingerprint density at radius 3 is 2.71 bits per heavy atom. The van der Waals surface area contributed by atoms with Crippen molar-refractivity contribution in [2.45, 2.75) is 45.1 Å². The standard InChI is InChI=1S/C24H35FN4OS/c1-18-14-19(4-2-7-21(18)25)17-31-23-15-27(9-8-22(23)26)16-24(30)29-12-10-28(11-13-29)20-5-3-6-20/h2,7,14,20H,3-6,8-13,15-17,26H2,1H3. The highest BCUT2D eigenvalue weighted by Gasteiger charge is 2.30. The second-order valence-electron chi connectivity index (χ2n) is 9.14. The van der Waals surface area contributed by atoms with Crippen molar-refractivity contribution < 1.29 is 9.18 Å². The van der Waals surface area contributed by atoms with Crippen molar-refractivity contribution in [1.29, 1.82) is 0 Å². The van der Waals surface area contributed by atoms with Crippen molar-refractivity contribution in [2.24, 2.45) is 5.73 Å². The molecule has 0 aromatic heterocycles. The highest BCUT2D eigenvalue weighted by atomic mass is 32.2. The van der Waals surface area contributed by atoms with Crippen LogP contribution in [0.15, 0.2) is 45.8 Å². The van der Waals surface area contributed by atoms with E-state index >= 15 is 0 Å². The van der Waals surface area contributed by atoms with Crippen LogP contribution in [0, 0.1) is 0 Å². The number of amides is 1. The first kappa shape index (κ1) is 22.6. The maximum absolute atomic E-state index is 13.7. The van der Waals surface area contributed by atoms with Gasteiger partial charge >= 0.3 is 0 Å². The second kappa shape index (κ2) is 10.4. The van der Waals surface area contributed by atoms with Crippen molar-refractivity contribution >= 4 is 17.7 Å². The Morgan fingerprint density at radius 1 is 1.23 bits per heavy atom. The van der Waals surface area contributed by atoms with Crippen LogP contribution in [0.25, 0.3) is 0 Å². The molecule has 1 amide bonds. The number of carbonyl (C=O) groups is 1. The number of hydrogen-bond donors (Lipinski definition) is 1. The van der Waals surface area contributed by atoms with Crippen LogP contribution in [-0.2, 0) is 4.79 Å². The highest BCUT2D eigenvalue weighted by Crippen LogP contribution is 2.29. The molecule has 2 aliphatic heterocycles. The second-order valence-corrected chi connectivity index (χ2v) is 10.2. The van der Waals surface area contributed by atoms with Crippen LogP contribution in [0.1, 0.15) is 39.0 Å². The maximum atomic E-state index is 13.7. The van der Waals surface area contributed by atoms with E-state index in [1.54, 1.807) is 17.8 Å². The lowest BCUT2D eigenvalue weighted by Gasteiger charge is -2.43. The van der Waals surface area contributed by atoms with Gasteiger partial charge in [0.25, 0.3) is 0 Å². The smallest absolute Gasteiger partial charge is 0.236 e. The van der Waals surface area contributed by atoms with Gasteiger partial charge in [-0.25, -0.2) is 4.39 Å². The molecule has 2 heterocycles. The Balaban J connectivity index is 1.25. The Hall–Kier alpha value is -1.57. The Labute approximate surface area is 189 Å². The van der Waals surface area contributed by atoms with Gasteiger partial charge < -0.3 is 10.6 Å². The molecule has 0 bridgehead atoms. The number of piperazine rings is 1. The van der Waals surface area contributed by atoms with Crippen LogP contribution in [0.4, 0.5) is 4.39 Å². The molecule has 0 aromatic rings. The van der Waals surface area contributed by atoms with E-state index in [-0.39, 0.29) is 11.7 Å². The van der Waals surface area contributed by atoms with E-state index in [9.17, 15) is 9.18 Å². The van der Waals surface area contributed by atoms with Crippen LogP contribution in [-0.4, -0.2) is 78.2 Å². The zero-order chi connectivity index (χ0) is 21.8. The number of carbonyl (C=O) groups excluding carboxylic acids is 1. The van der Waals surface area contributed by atoms with Gasteiger partial charge in [0.15, 0.2) is 0 Å². The number of nitrogens with two attached hydrogens (primary N) is 1. The topological polar surface area (TPSA) is 52.8 Å². The summed E-state index contributed by atoms with van der Waals surface area (Å²) >= 11 is 1.74. The first-order chi connectivity index (χ1) is 15.0. The van der Waals surface area contributed by atoms with Crippen molar-refractivity contribution in [3.63, 3.8) is 0 Å². The number of nitrogens with zero attached hydrogens (tertiary/aromatic N) is 3. The number of thioether (sulfide) groups is 1. The summed E-state index contributed by atoms with van der Waals surface area (Å²) in [6.45, 7) is 7.59. The number of halogens is 1. The molecule has 5 nitrogen and oxygen atoms in total. The predicted octanol–water partition coefficient (Wildman–Crippen LogP) is 3.42. The highest BCUT2D eigenvalue weighted by molar-refractivity contribution is 8.03. The predicted molar refractivity (Wildman–Crippen MR) is 126 cm³/mol. The fraction of sp³-hybridized carbons (Fsp3) is 0.625. The Kier molecular flexibility index (Phi) is 7.56. The van der Waals surface area contributed by atoms with E-state index in [1.165, 1.54) is 24.8 Å². The summed E-state index contributed by atoms with van der Waals surface area (Å²) in [4.78, 5) is 20.9. The minimum atomic E-state index is -0.158. The lowest BCUT2D eigenvalue weighted by Crippen LogP contribution is -2.55. The normalized spacial score (nSPS) is 24.3. The molecule has 4 rings (SSSR count). The van der Waals surface area contributed by atoms with Crippen LogP contribution in [0.3, 0.4) is 0 Å². The summed E-state index contributed by atoms with van der Waals surface area (Å²) in [5, 5.41) is 0. The molecular formula is C24H35FN4OS. The largest absolute Gasteiger partial charge is 0.401 e. The summed E-state index contributed by atoms with van der Waals surface area (Å²) < 4.78 is 13.7. The maximum Gasteiger partial charge on any atom is 0.236 e. The summed E-state index contributed by atoms with van der Waals surface area (Å²) in [7, 11) is 0. The number of rotatable bonds is 6. The van der Waals surface area contributed by atoms with Gasteiger partial charge in [0.1, 0.15) is 5.83 Å². The zero-order valence-electron chi connectivity index (χ0n) is 18.6. The summed E-state index contributed by atoms with van der Waals surface area (Å²) in [5.41, 5.74) is 9.12. The van der Waals surface area contributed by atoms with Gasteiger partial charge in [-0.15, -0.1) is 11.8 Å². The van der Waals surface area contributed by atoms with Gasteiger partial charge in [-0.2, -0.15) is 0 Å². The van der Waals surface area contributed by atoms with Crippen LogP contribution < -0.4 is 5.73 Å². The van der Waals surface area contributed by atoms with Gasteiger partial charge in [-0.1, -0.05) is 24.1 Å². The van der Waals surface area contributed by atoms with Crippen molar-refractivity contribution in [1.82, 2.24) is 14.7 Å². The molecule has 0 aromatic carbocycles.